The highest BCUT2D eigenvalue weighted by atomic mass is 32.1. The molecule has 22 heavy (non-hydrogen) atoms. The number of carbonyl (C=O) groups is 1. The number of aromatic nitrogens is 1. The Labute approximate surface area is 134 Å². The van der Waals surface area contributed by atoms with Crippen LogP contribution in [0.2, 0.25) is 0 Å². The van der Waals surface area contributed by atoms with Crippen molar-refractivity contribution in [2.45, 2.75) is 45.4 Å². The van der Waals surface area contributed by atoms with Gasteiger partial charge in [-0.05, 0) is 20.8 Å². The van der Waals surface area contributed by atoms with E-state index in [-0.39, 0.29) is 11.9 Å². The number of hydrogen-bond donors (Lipinski definition) is 1. The second-order valence-electron chi connectivity index (χ2n) is 5.97. The number of carbonyl (C=O) groups excluding carboxylic acids is 1. The maximum absolute atomic E-state index is 12.4. The van der Waals surface area contributed by atoms with Crippen molar-refractivity contribution in [2.75, 3.05) is 31.6 Å². The lowest BCUT2D eigenvalue weighted by Crippen LogP contribution is -2.51. The lowest BCUT2D eigenvalue weighted by molar-refractivity contribution is -0.187. The minimum atomic E-state index is -0.393. The van der Waals surface area contributed by atoms with E-state index in [1.54, 1.807) is 0 Å². The molecule has 2 aliphatic rings. The van der Waals surface area contributed by atoms with Crippen LogP contribution in [0, 0.1) is 13.8 Å². The molecule has 1 amide bonds. The summed E-state index contributed by atoms with van der Waals surface area (Å²) < 4.78 is 11.4. The van der Waals surface area contributed by atoms with Crippen molar-refractivity contribution < 1.29 is 14.3 Å². The molecule has 2 saturated heterocycles. The largest absolute Gasteiger partial charge is 0.347 e. The first-order valence-corrected chi connectivity index (χ1v) is 8.58. The number of thiazole rings is 1. The van der Waals surface area contributed by atoms with Crippen LogP contribution in [0.15, 0.2) is 0 Å². The van der Waals surface area contributed by atoms with E-state index in [1.165, 1.54) is 11.3 Å². The van der Waals surface area contributed by atoms with Crippen LogP contribution in [-0.4, -0.2) is 53.9 Å². The van der Waals surface area contributed by atoms with Crippen LogP contribution in [0.1, 0.15) is 30.3 Å². The summed E-state index contributed by atoms with van der Waals surface area (Å²) in [4.78, 5) is 20.1. The normalized spacial score (nSPS) is 22.9. The molecule has 0 aliphatic carbocycles. The molecule has 1 aromatic rings. The average Bonchev–Trinajstić information content (AvgIpc) is 3.07. The Morgan fingerprint density at radius 2 is 1.95 bits per heavy atom. The molecule has 0 aromatic carbocycles. The molecule has 0 unspecified atom stereocenters. The highest BCUT2D eigenvalue weighted by Crippen LogP contribution is 2.32. The smallest absolute Gasteiger partial charge is 0.243 e. The number of rotatable bonds is 3. The maximum atomic E-state index is 12.4. The quantitative estimate of drug-likeness (QED) is 0.920. The van der Waals surface area contributed by atoms with Gasteiger partial charge in [0.15, 0.2) is 10.9 Å². The van der Waals surface area contributed by atoms with E-state index < -0.39 is 5.79 Å². The number of ether oxygens (including phenoxy) is 2. The van der Waals surface area contributed by atoms with Gasteiger partial charge in [-0.3, -0.25) is 9.69 Å². The van der Waals surface area contributed by atoms with E-state index in [1.807, 2.05) is 20.8 Å². The summed E-state index contributed by atoms with van der Waals surface area (Å²) in [6, 6.07) is -0.178. The number of nitrogens with one attached hydrogen (secondary N) is 1. The monoisotopic (exact) mass is 325 g/mol. The van der Waals surface area contributed by atoms with Gasteiger partial charge >= 0.3 is 0 Å². The van der Waals surface area contributed by atoms with E-state index >= 15 is 0 Å². The summed E-state index contributed by atoms with van der Waals surface area (Å²) in [6.45, 7) is 8.89. The van der Waals surface area contributed by atoms with Crippen molar-refractivity contribution in [3.05, 3.63) is 10.6 Å². The van der Waals surface area contributed by atoms with Crippen LogP contribution in [-0.2, 0) is 14.3 Å². The second kappa shape index (κ2) is 6.23. The third-order valence-electron chi connectivity index (χ3n) is 4.56. The maximum Gasteiger partial charge on any atom is 0.243 e. The molecule has 1 aromatic heterocycles. The summed E-state index contributed by atoms with van der Waals surface area (Å²) in [7, 11) is 0. The zero-order chi connectivity index (χ0) is 15.7. The number of piperidine rings is 1. The first-order chi connectivity index (χ1) is 10.5. The molecule has 1 atom stereocenters. The van der Waals surface area contributed by atoms with E-state index in [9.17, 15) is 4.79 Å². The van der Waals surface area contributed by atoms with Crippen LogP contribution < -0.4 is 5.32 Å². The standard InChI is InChI=1S/C15H23N3O3S/c1-10-12(3)22-14(16-10)17-13(19)11(2)18-6-4-15(5-7-18)20-8-9-21-15/h11H,4-9H2,1-3H3,(H,16,17,19)/t11-/m0/s1. The van der Waals surface area contributed by atoms with Gasteiger partial charge in [0.1, 0.15) is 0 Å². The Hall–Kier alpha value is -1.02. The highest BCUT2D eigenvalue weighted by Gasteiger charge is 2.41. The fraction of sp³-hybridized carbons (Fsp3) is 0.733. The van der Waals surface area contributed by atoms with Crippen molar-refractivity contribution in [3.8, 4) is 0 Å². The number of likely N-dealkylation sites (tertiary alicyclic amines) is 1. The molecule has 1 spiro atoms. The average molecular weight is 325 g/mol. The highest BCUT2D eigenvalue weighted by molar-refractivity contribution is 7.15. The van der Waals surface area contributed by atoms with E-state index in [2.05, 4.69) is 15.2 Å². The minimum Gasteiger partial charge on any atom is -0.347 e. The molecule has 6 nitrogen and oxygen atoms in total. The van der Waals surface area contributed by atoms with E-state index in [4.69, 9.17) is 9.47 Å². The second-order valence-corrected chi connectivity index (χ2v) is 7.17. The molecular formula is C15H23N3O3S. The summed E-state index contributed by atoms with van der Waals surface area (Å²) >= 11 is 1.52. The number of hydrogen-bond acceptors (Lipinski definition) is 6. The van der Waals surface area contributed by atoms with Crippen molar-refractivity contribution in [2.24, 2.45) is 0 Å². The molecule has 0 radical (unpaired) electrons. The van der Waals surface area contributed by atoms with E-state index in [0.717, 1.165) is 36.5 Å². The molecule has 0 bridgehead atoms. The fourth-order valence-corrected chi connectivity index (χ4v) is 3.76. The zero-order valence-electron chi connectivity index (χ0n) is 13.3. The van der Waals surface area contributed by atoms with Gasteiger partial charge in [0.2, 0.25) is 5.91 Å². The molecule has 2 aliphatic heterocycles. The Morgan fingerprint density at radius 1 is 1.32 bits per heavy atom. The predicted octanol–water partition coefficient (Wildman–Crippen LogP) is 1.93. The first-order valence-electron chi connectivity index (χ1n) is 7.76. The third kappa shape index (κ3) is 3.17. The molecular weight excluding hydrogens is 302 g/mol. The van der Waals surface area contributed by atoms with Crippen LogP contribution in [0.4, 0.5) is 5.13 Å². The van der Waals surface area contributed by atoms with Crippen molar-refractivity contribution in [1.82, 2.24) is 9.88 Å². The lowest BCUT2D eigenvalue weighted by Gasteiger charge is -2.39. The number of nitrogens with zero attached hydrogens (tertiary/aromatic N) is 2. The number of aryl methyl sites for hydroxylation is 2. The van der Waals surface area contributed by atoms with Crippen LogP contribution in [0.25, 0.3) is 0 Å². The molecule has 2 fully saturated rings. The molecule has 3 rings (SSSR count). The minimum absolute atomic E-state index is 0.00189. The topological polar surface area (TPSA) is 63.7 Å². The first kappa shape index (κ1) is 15.9. The van der Waals surface area contributed by atoms with Gasteiger partial charge in [-0.25, -0.2) is 4.98 Å². The van der Waals surface area contributed by atoms with Crippen molar-refractivity contribution >= 4 is 22.4 Å². The van der Waals surface area contributed by atoms with Crippen LogP contribution >= 0.6 is 11.3 Å². The molecule has 3 heterocycles. The summed E-state index contributed by atoms with van der Waals surface area (Å²) in [5.41, 5.74) is 0.975. The lowest BCUT2D eigenvalue weighted by atomic mass is 10.0. The molecule has 1 N–H and O–H groups in total. The molecule has 122 valence electrons. The Balaban J connectivity index is 1.55. The third-order valence-corrected chi connectivity index (χ3v) is 5.55. The Morgan fingerprint density at radius 3 is 2.50 bits per heavy atom. The van der Waals surface area contributed by atoms with Gasteiger partial charge < -0.3 is 14.8 Å². The van der Waals surface area contributed by atoms with E-state index in [0.29, 0.717) is 18.3 Å². The summed E-state index contributed by atoms with van der Waals surface area (Å²) in [5, 5.41) is 3.61. The fourth-order valence-electron chi connectivity index (χ4n) is 2.94. The number of amides is 1. The Bertz CT molecular complexity index is 525. The summed E-state index contributed by atoms with van der Waals surface area (Å²) in [5.74, 6) is -0.395. The van der Waals surface area contributed by atoms with Gasteiger partial charge in [0.05, 0.1) is 24.9 Å². The van der Waals surface area contributed by atoms with Crippen molar-refractivity contribution in [3.63, 3.8) is 0 Å². The molecule has 0 saturated carbocycles. The van der Waals surface area contributed by atoms with Gasteiger partial charge in [-0.2, -0.15) is 0 Å². The van der Waals surface area contributed by atoms with Gasteiger partial charge in [0.25, 0.3) is 0 Å². The van der Waals surface area contributed by atoms with Gasteiger partial charge in [-0.15, -0.1) is 11.3 Å². The number of anilines is 1. The van der Waals surface area contributed by atoms with Crippen LogP contribution in [0.5, 0.6) is 0 Å². The SMILES string of the molecule is Cc1nc(NC(=O)[C@H](C)N2CCC3(CC2)OCCO3)sc1C. The Kier molecular flexibility index (Phi) is 4.49. The summed E-state index contributed by atoms with van der Waals surface area (Å²) in [6.07, 6.45) is 1.64. The molecule has 7 heteroatoms. The van der Waals surface area contributed by atoms with Crippen molar-refractivity contribution in [1.29, 1.82) is 0 Å². The van der Waals surface area contributed by atoms with Crippen LogP contribution in [0.3, 0.4) is 0 Å². The zero-order valence-corrected chi connectivity index (χ0v) is 14.2. The predicted molar refractivity (Wildman–Crippen MR) is 85.1 cm³/mol. The van der Waals surface area contributed by atoms with Gasteiger partial charge in [0, 0.05) is 30.8 Å². The van der Waals surface area contributed by atoms with Gasteiger partial charge in [-0.1, -0.05) is 0 Å².